The maximum absolute atomic E-state index is 9.30. The first-order valence-electron chi connectivity index (χ1n) is 8.52. The molecule has 1 N–H and O–H groups in total. The van der Waals surface area contributed by atoms with Crippen molar-refractivity contribution < 1.29 is 9.68 Å². The van der Waals surface area contributed by atoms with E-state index in [2.05, 4.69) is 60.7 Å². The van der Waals surface area contributed by atoms with Gasteiger partial charge in [-0.1, -0.05) is 60.7 Å². The third kappa shape index (κ3) is 2.38. The predicted octanol–water partition coefficient (Wildman–Crippen LogP) is 5.51. The van der Waals surface area contributed by atoms with Crippen molar-refractivity contribution in [3.63, 3.8) is 0 Å². The highest BCUT2D eigenvalue weighted by molar-refractivity contribution is 7.26. The van der Waals surface area contributed by atoms with Gasteiger partial charge in [0.2, 0.25) is 0 Å². The lowest BCUT2D eigenvalue weighted by atomic mass is 9.99. The molecule has 5 rings (SSSR count). The Morgan fingerprint density at radius 3 is 2.42 bits per heavy atom. The average molecular weight is 354 g/mol. The minimum absolute atomic E-state index is 0.322. The summed E-state index contributed by atoms with van der Waals surface area (Å²) >= 11 is 1.71. The number of hydrogen-bond donors (Lipinski definition) is 1. The van der Waals surface area contributed by atoms with Crippen LogP contribution in [0.15, 0.2) is 78.9 Å². The van der Waals surface area contributed by atoms with Crippen LogP contribution in [0.4, 0.5) is 0 Å². The van der Waals surface area contributed by atoms with E-state index in [1.807, 2.05) is 18.2 Å². The van der Waals surface area contributed by atoms with Gasteiger partial charge in [0.1, 0.15) is 5.75 Å². The molecule has 0 amide bonds. The fraction of sp³-hybridized carbons (Fsp3) is 0. The van der Waals surface area contributed by atoms with Crippen LogP contribution >= 0.6 is 11.3 Å². The van der Waals surface area contributed by atoms with Crippen LogP contribution in [0.5, 0.6) is 5.75 Å². The summed E-state index contributed by atoms with van der Waals surface area (Å²) < 4.78 is 7.84. The summed E-state index contributed by atoms with van der Waals surface area (Å²) in [4.78, 5) is 0. The smallest absolute Gasteiger partial charge is 0.504 e. The van der Waals surface area contributed by atoms with Crippen molar-refractivity contribution in [1.29, 1.82) is 0 Å². The van der Waals surface area contributed by atoms with Crippen molar-refractivity contribution in [3.05, 3.63) is 78.9 Å². The van der Waals surface area contributed by atoms with Gasteiger partial charge in [-0.05, 0) is 40.1 Å². The van der Waals surface area contributed by atoms with E-state index in [9.17, 15) is 5.02 Å². The zero-order valence-corrected chi connectivity index (χ0v) is 14.8. The summed E-state index contributed by atoms with van der Waals surface area (Å²) in [5, 5.41) is 14.1. The maximum atomic E-state index is 9.30. The number of benzene rings is 4. The molecule has 4 aromatic carbocycles. The standard InChI is InChI=1S/C22H15BO2S/c24-23-25-19-13-16-8-4-5-9-17(16)21-18-12-15(14-6-2-1-3-7-14)10-11-20(18)26-22(19)21/h1-13,23-24H. The zero-order chi connectivity index (χ0) is 17.5. The number of fused-ring (bicyclic) bond motifs is 5. The van der Waals surface area contributed by atoms with Crippen LogP contribution in [0.1, 0.15) is 0 Å². The van der Waals surface area contributed by atoms with Crippen molar-refractivity contribution in [2.45, 2.75) is 0 Å². The van der Waals surface area contributed by atoms with Crippen molar-refractivity contribution in [3.8, 4) is 16.9 Å². The lowest BCUT2D eigenvalue weighted by Crippen LogP contribution is -1.99. The summed E-state index contributed by atoms with van der Waals surface area (Å²) in [7, 11) is -0.322. The van der Waals surface area contributed by atoms with Crippen LogP contribution in [-0.2, 0) is 0 Å². The molecular formula is C22H15BO2S. The molecule has 26 heavy (non-hydrogen) atoms. The van der Waals surface area contributed by atoms with E-state index in [1.54, 1.807) is 11.3 Å². The molecule has 0 fully saturated rings. The molecular weight excluding hydrogens is 339 g/mol. The predicted molar refractivity (Wildman–Crippen MR) is 112 cm³/mol. The van der Waals surface area contributed by atoms with E-state index in [0.717, 1.165) is 15.8 Å². The average Bonchev–Trinajstić information content (AvgIpc) is 3.08. The second-order valence-electron chi connectivity index (χ2n) is 6.25. The number of hydrogen-bond acceptors (Lipinski definition) is 3. The Bertz CT molecular complexity index is 1240. The molecule has 0 aliphatic carbocycles. The molecule has 0 saturated carbocycles. The minimum atomic E-state index is -0.322. The highest BCUT2D eigenvalue weighted by Crippen LogP contribution is 2.44. The molecule has 0 saturated heterocycles. The molecule has 0 bridgehead atoms. The number of thiophene rings is 1. The minimum Gasteiger partial charge on any atom is -0.538 e. The maximum Gasteiger partial charge on any atom is 0.504 e. The zero-order valence-electron chi connectivity index (χ0n) is 14.0. The van der Waals surface area contributed by atoms with Gasteiger partial charge < -0.3 is 9.68 Å². The van der Waals surface area contributed by atoms with E-state index in [-0.39, 0.29) is 7.69 Å². The molecule has 0 atom stereocenters. The Morgan fingerprint density at radius 2 is 1.58 bits per heavy atom. The first kappa shape index (κ1) is 15.4. The molecule has 0 aliphatic rings. The molecule has 0 spiro atoms. The quantitative estimate of drug-likeness (QED) is 0.433. The van der Waals surface area contributed by atoms with E-state index in [0.29, 0.717) is 0 Å². The van der Waals surface area contributed by atoms with Crippen LogP contribution in [0.3, 0.4) is 0 Å². The van der Waals surface area contributed by atoms with Gasteiger partial charge in [-0.25, -0.2) is 0 Å². The molecule has 0 radical (unpaired) electrons. The molecule has 4 heteroatoms. The summed E-state index contributed by atoms with van der Waals surface area (Å²) in [6.07, 6.45) is 0. The summed E-state index contributed by atoms with van der Waals surface area (Å²) in [6, 6.07) is 27.4. The molecule has 0 unspecified atom stereocenters. The van der Waals surface area contributed by atoms with Gasteiger partial charge in [-0.15, -0.1) is 11.3 Å². The summed E-state index contributed by atoms with van der Waals surface area (Å²) in [5.74, 6) is 0.740. The van der Waals surface area contributed by atoms with Crippen molar-refractivity contribution >= 4 is 50.0 Å². The Balaban J connectivity index is 1.90. The van der Waals surface area contributed by atoms with E-state index >= 15 is 0 Å². The van der Waals surface area contributed by atoms with Gasteiger partial charge in [0.15, 0.2) is 0 Å². The normalized spacial score (nSPS) is 11.3. The Hall–Kier alpha value is -2.82. The van der Waals surface area contributed by atoms with Crippen LogP contribution in [0, 0.1) is 0 Å². The molecule has 124 valence electrons. The monoisotopic (exact) mass is 354 g/mol. The topological polar surface area (TPSA) is 29.5 Å². The molecule has 2 nitrogen and oxygen atoms in total. The fourth-order valence-electron chi connectivity index (χ4n) is 3.58. The van der Waals surface area contributed by atoms with Crippen LogP contribution < -0.4 is 4.65 Å². The molecule has 1 aromatic heterocycles. The summed E-state index contributed by atoms with van der Waals surface area (Å²) in [5.41, 5.74) is 2.41. The lowest BCUT2D eigenvalue weighted by molar-refractivity contribution is 0.457. The molecule has 0 aliphatic heterocycles. The Morgan fingerprint density at radius 1 is 0.769 bits per heavy atom. The van der Waals surface area contributed by atoms with Gasteiger partial charge in [0, 0.05) is 15.5 Å². The Kier molecular flexibility index (Phi) is 3.66. The number of rotatable bonds is 3. The first-order valence-corrected chi connectivity index (χ1v) is 9.34. The van der Waals surface area contributed by atoms with E-state index in [4.69, 9.17) is 4.65 Å². The highest BCUT2D eigenvalue weighted by Gasteiger charge is 2.14. The SMILES string of the molecule is OBOc1cc2ccccc2c2c1sc1ccc(-c3ccccc3)cc12. The van der Waals surface area contributed by atoms with Gasteiger partial charge in [-0.2, -0.15) is 0 Å². The van der Waals surface area contributed by atoms with Crippen LogP contribution in [-0.4, -0.2) is 12.7 Å². The third-order valence-corrected chi connectivity index (χ3v) is 5.94. The highest BCUT2D eigenvalue weighted by atomic mass is 32.1. The van der Waals surface area contributed by atoms with Gasteiger partial charge >= 0.3 is 7.69 Å². The summed E-state index contributed by atoms with van der Waals surface area (Å²) in [6.45, 7) is 0. The third-order valence-electron chi connectivity index (χ3n) is 4.76. The second kappa shape index (κ2) is 6.17. The molecule has 5 aromatic rings. The largest absolute Gasteiger partial charge is 0.538 e. The van der Waals surface area contributed by atoms with Crippen LogP contribution in [0.2, 0.25) is 0 Å². The van der Waals surface area contributed by atoms with Gasteiger partial charge in [0.25, 0.3) is 0 Å². The lowest BCUT2D eigenvalue weighted by Gasteiger charge is -2.08. The van der Waals surface area contributed by atoms with Crippen molar-refractivity contribution in [1.82, 2.24) is 0 Å². The van der Waals surface area contributed by atoms with Gasteiger partial charge in [-0.3, -0.25) is 0 Å². The van der Waals surface area contributed by atoms with E-state index in [1.165, 1.54) is 32.0 Å². The van der Waals surface area contributed by atoms with Crippen LogP contribution in [0.25, 0.3) is 42.1 Å². The fourth-order valence-corrected chi connectivity index (χ4v) is 4.75. The second-order valence-corrected chi connectivity index (χ2v) is 7.30. The molecule has 1 heterocycles. The van der Waals surface area contributed by atoms with Crippen molar-refractivity contribution in [2.24, 2.45) is 0 Å². The Labute approximate surface area is 155 Å². The van der Waals surface area contributed by atoms with E-state index < -0.39 is 0 Å². The first-order chi connectivity index (χ1) is 12.8. The van der Waals surface area contributed by atoms with Crippen molar-refractivity contribution in [2.75, 3.05) is 0 Å². The van der Waals surface area contributed by atoms with Gasteiger partial charge in [0.05, 0.1) is 4.70 Å².